The fourth-order valence-corrected chi connectivity index (χ4v) is 3.23. The summed E-state index contributed by atoms with van der Waals surface area (Å²) in [5, 5.41) is 0. The van der Waals surface area contributed by atoms with Crippen LogP contribution < -0.4 is 4.90 Å². The Kier molecular flexibility index (Phi) is 5.75. The van der Waals surface area contributed by atoms with E-state index in [1.54, 1.807) is 6.26 Å². The van der Waals surface area contributed by atoms with Crippen molar-refractivity contribution >= 4 is 11.6 Å². The fraction of sp³-hybridized carbons (Fsp3) is 0.526. The number of hydrogen-bond acceptors (Lipinski definition) is 4. The molecule has 1 fully saturated rings. The summed E-state index contributed by atoms with van der Waals surface area (Å²) < 4.78 is 5.28. The molecule has 5 nitrogen and oxygen atoms in total. The zero-order chi connectivity index (χ0) is 16.8. The fourth-order valence-electron chi connectivity index (χ4n) is 3.23. The maximum absolute atomic E-state index is 12.4. The number of carbonyl (C=O) groups excluding carboxylic acids is 1. The predicted octanol–water partition coefficient (Wildman–Crippen LogP) is 1.96. The number of likely N-dealkylation sites (N-methyl/N-ethyl adjacent to an activating group) is 1. The van der Waals surface area contributed by atoms with E-state index in [-0.39, 0.29) is 5.91 Å². The van der Waals surface area contributed by atoms with E-state index in [0.29, 0.717) is 0 Å². The Morgan fingerprint density at radius 2 is 1.92 bits per heavy atom. The van der Waals surface area contributed by atoms with Crippen LogP contribution in [0.4, 0.5) is 5.69 Å². The lowest BCUT2D eigenvalue weighted by Gasteiger charge is -2.36. The molecule has 3 rings (SSSR count). The molecule has 1 aromatic rings. The van der Waals surface area contributed by atoms with E-state index in [0.717, 1.165) is 64.3 Å². The van der Waals surface area contributed by atoms with E-state index in [1.807, 2.05) is 11.9 Å². The molecule has 0 bridgehead atoms. The number of benzene rings is 1. The first-order valence-electron chi connectivity index (χ1n) is 8.82. The summed E-state index contributed by atoms with van der Waals surface area (Å²) in [6, 6.07) is 10.6. The molecule has 0 spiro atoms. The maximum atomic E-state index is 12.4. The monoisotopic (exact) mass is 329 g/mol. The summed E-state index contributed by atoms with van der Waals surface area (Å²) >= 11 is 0. The minimum absolute atomic E-state index is 0.109. The summed E-state index contributed by atoms with van der Waals surface area (Å²) in [5.41, 5.74) is 2.10. The topological polar surface area (TPSA) is 36.0 Å². The van der Waals surface area contributed by atoms with Crippen molar-refractivity contribution in [3.8, 4) is 0 Å². The molecule has 0 radical (unpaired) electrons. The van der Waals surface area contributed by atoms with Gasteiger partial charge in [-0.05, 0) is 25.0 Å². The Labute approximate surface area is 144 Å². The lowest BCUT2D eigenvalue weighted by Crippen LogP contribution is -2.48. The number of para-hydroxylation sites is 1. The molecule has 0 aromatic heterocycles. The third-order valence-electron chi connectivity index (χ3n) is 4.80. The average Bonchev–Trinajstić information content (AvgIpc) is 2.67. The number of ether oxygens (including phenoxy) is 1. The number of anilines is 1. The van der Waals surface area contributed by atoms with E-state index in [4.69, 9.17) is 4.74 Å². The van der Waals surface area contributed by atoms with E-state index >= 15 is 0 Å². The van der Waals surface area contributed by atoms with Gasteiger partial charge in [-0.2, -0.15) is 0 Å². The molecule has 24 heavy (non-hydrogen) atoms. The van der Waals surface area contributed by atoms with Gasteiger partial charge in [0.2, 0.25) is 0 Å². The number of nitrogens with zero attached hydrogens (tertiary/aromatic N) is 3. The second-order valence-corrected chi connectivity index (χ2v) is 6.51. The molecule has 0 unspecified atom stereocenters. The van der Waals surface area contributed by atoms with E-state index < -0.39 is 0 Å². The van der Waals surface area contributed by atoms with Gasteiger partial charge in [0.05, 0.1) is 18.4 Å². The van der Waals surface area contributed by atoms with Crippen molar-refractivity contribution in [1.29, 1.82) is 0 Å². The van der Waals surface area contributed by atoms with Crippen molar-refractivity contribution in [2.24, 2.45) is 0 Å². The third kappa shape index (κ3) is 4.29. The first kappa shape index (κ1) is 16.8. The van der Waals surface area contributed by atoms with Crippen LogP contribution in [-0.4, -0.2) is 68.6 Å². The molecule has 0 aliphatic carbocycles. The predicted molar refractivity (Wildman–Crippen MR) is 96.0 cm³/mol. The van der Waals surface area contributed by atoms with Gasteiger partial charge in [0.1, 0.15) is 0 Å². The Balaban J connectivity index is 1.41. The molecule has 2 aliphatic heterocycles. The van der Waals surface area contributed by atoms with Crippen LogP contribution in [0.15, 0.2) is 42.2 Å². The van der Waals surface area contributed by atoms with Crippen LogP contribution in [0.5, 0.6) is 0 Å². The van der Waals surface area contributed by atoms with Crippen molar-refractivity contribution in [3.05, 3.63) is 42.2 Å². The second-order valence-electron chi connectivity index (χ2n) is 6.51. The highest BCUT2D eigenvalue weighted by atomic mass is 16.5. The zero-order valence-corrected chi connectivity index (χ0v) is 14.5. The Bertz CT molecular complexity index is 565. The van der Waals surface area contributed by atoms with Gasteiger partial charge in [0.15, 0.2) is 0 Å². The van der Waals surface area contributed by atoms with Crippen LogP contribution in [0.3, 0.4) is 0 Å². The van der Waals surface area contributed by atoms with E-state index in [2.05, 4.69) is 40.1 Å². The Morgan fingerprint density at radius 3 is 2.58 bits per heavy atom. The summed E-state index contributed by atoms with van der Waals surface area (Å²) in [6.07, 6.45) is 3.41. The zero-order valence-electron chi connectivity index (χ0n) is 14.5. The lowest BCUT2D eigenvalue weighted by atomic mass is 10.1. The van der Waals surface area contributed by atoms with Crippen LogP contribution in [-0.2, 0) is 9.53 Å². The van der Waals surface area contributed by atoms with Gasteiger partial charge >= 0.3 is 0 Å². The number of hydrogen-bond donors (Lipinski definition) is 0. The molecule has 1 saturated heterocycles. The van der Waals surface area contributed by atoms with Gasteiger partial charge in [0.25, 0.3) is 5.91 Å². The van der Waals surface area contributed by atoms with Gasteiger partial charge in [-0.1, -0.05) is 18.2 Å². The molecule has 1 amide bonds. The number of piperazine rings is 1. The molecule has 130 valence electrons. The van der Waals surface area contributed by atoms with Crippen LogP contribution >= 0.6 is 0 Å². The van der Waals surface area contributed by atoms with Gasteiger partial charge in [0, 0.05) is 52.0 Å². The lowest BCUT2D eigenvalue weighted by molar-refractivity contribution is -0.126. The first-order valence-corrected chi connectivity index (χ1v) is 8.82. The smallest absolute Gasteiger partial charge is 0.252 e. The molecular weight excluding hydrogens is 302 g/mol. The number of carbonyl (C=O) groups is 1. The van der Waals surface area contributed by atoms with Crippen LogP contribution in [0.1, 0.15) is 12.8 Å². The standard InChI is InChI=1S/C19H27N3O2/c1-20(19(23)17-6-5-15-24-16-17)9-10-21-11-13-22(14-12-21)18-7-3-2-4-8-18/h2-4,7-8,16H,5-6,9-15H2,1H3. The molecule has 2 heterocycles. The molecule has 0 N–H and O–H groups in total. The summed E-state index contributed by atoms with van der Waals surface area (Å²) in [7, 11) is 1.89. The van der Waals surface area contributed by atoms with Crippen molar-refractivity contribution in [2.75, 3.05) is 57.8 Å². The van der Waals surface area contributed by atoms with E-state index in [9.17, 15) is 4.79 Å². The molecular formula is C19H27N3O2. The van der Waals surface area contributed by atoms with Gasteiger partial charge in [-0.25, -0.2) is 0 Å². The quantitative estimate of drug-likeness (QED) is 0.827. The van der Waals surface area contributed by atoms with Crippen LogP contribution in [0, 0.1) is 0 Å². The van der Waals surface area contributed by atoms with Crippen molar-refractivity contribution in [1.82, 2.24) is 9.80 Å². The normalized spacial score (nSPS) is 18.7. The van der Waals surface area contributed by atoms with Crippen LogP contribution in [0.2, 0.25) is 0 Å². The molecule has 2 aliphatic rings. The van der Waals surface area contributed by atoms with Crippen molar-refractivity contribution in [2.45, 2.75) is 12.8 Å². The largest absolute Gasteiger partial charge is 0.501 e. The highest BCUT2D eigenvalue weighted by Crippen LogP contribution is 2.16. The van der Waals surface area contributed by atoms with Gasteiger partial charge in [-0.15, -0.1) is 0 Å². The van der Waals surface area contributed by atoms with E-state index in [1.165, 1.54) is 5.69 Å². The first-order chi connectivity index (χ1) is 11.7. The third-order valence-corrected chi connectivity index (χ3v) is 4.80. The Hall–Kier alpha value is -2.01. The van der Waals surface area contributed by atoms with Crippen molar-refractivity contribution < 1.29 is 9.53 Å². The molecule has 5 heteroatoms. The van der Waals surface area contributed by atoms with Crippen LogP contribution in [0.25, 0.3) is 0 Å². The SMILES string of the molecule is CN(CCN1CCN(c2ccccc2)CC1)C(=O)C1=COCCC1. The minimum Gasteiger partial charge on any atom is -0.501 e. The van der Waals surface area contributed by atoms with Gasteiger partial charge in [-0.3, -0.25) is 9.69 Å². The average molecular weight is 329 g/mol. The molecule has 0 atom stereocenters. The Morgan fingerprint density at radius 1 is 1.17 bits per heavy atom. The summed E-state index contributed by atoms with van der Waals surface area (Å²) in [6.45, 7) is 6.60. The summed E-state index contributed by atoms with van der Waals surface area (Å²) in [4.78, 5) is 19.0. The minimum atomic E-state index is 0.109. The highest BCUT2D eigenvalue weighted by molar-refractivity contribution is 5.93. The van der Waals surface area contributed by atoms with Gasteiger partial charge < -0.3 is 14.5 Å². The highest BCUT2D eigenvalue weighted by Gasteiger charge is 2.20. The second kappa shape index (κ2) is 8.20. The molecule has 1 aromatic carbocycles. The van der Waals surface area contributed by atoms with Crippen molar-refractivity contribution in [3.63, 3.8) is 0 Å². The summed E-state index contributed by atoms with van der Waals surface area (Å²) in [5.74, 6) is 0.109. The molecule has 0 saturated carbocycles. The number of amides is 1. The maximum Gasteiger partial charge on any atom is 0.252 e. The number of rotatable bonds is 5.